The van der Waals surface area contributed by atoms with Crippen molar-refractivity contribution in [1.29, 1.82) is 0 Å². The Morgan fingerprint density at radius 1 is 1.00 bits per heavy atom. The van der Waals surface area contributed by atoms with Crippen LogP contribution < -0.4 is 0 Å². The van der Waals surface area contributed by atoms with Gasteiger partial charge in [-0.1, -0.05) is 60.7 Å². The van der Waals surface area contributed by atoms with E-state index in [1.54, 1.807) is 0 Å². The standard InChI is InChI=1S/C32H44O6S/c1-22(2)38-29(36)18-12-4-3-11-17-25-27(34)21-28(35)30(25)32(39-24-15-9-6-10-16-24)31(37)26(33)20-19-23-13-7-5-8-14-23/h3,5-11,13-16,22,25-28,30-35,37H,4,12,17-21H2,1-2H3/b11-3-/t25-,26-,27-,28+,30+,31-,32+/m0/s1. The summed E-state index contributed by atoms with van der Waals surface area (Å²) in [6.45, 7) is 3.66. The molecule has 1 aliphatic rings. The van der Waals surface area contributed by atoms with Crippen LogP contribution in [0.3, 0.4) is 0 Å². The van der Waals surface area contributed by atoms with Crippen molar-refractivity contribution in [2.24, 2.45) is 11.8 Å². The maximum Gasteiger partial charge on any atom is 0.306 e. The number of aliphatic hydroxyl groups excluding tert-OH is 4. The zero-order chi connectivity index (χ0) is 28.2. The monoisotopic (exact) mass is 556 g/mol. The number of esters is 1. The number of benzene rings is 2. The first-order chi connectivity index (χ1) is 18.8. The second-order valence-corrected chi connectivity index (χ2v) is 12.0. The average molecular weight is 557 g/mol. The van der Waals surface area contributed by atoms with E-state index in [4.69, 9.17) is 4.74 Å². The SMILES string of the molecule is CC(C)OC(=O)CCC/C=C\C[C@@H]1[C@@H]([C@@H](Sc2ccccc2)[C@@H](O)[C@@H](O)CCc2ccccc2)[C@H](O)C[C@@H]1O. The Kier molecular flexibility index (Phi) is 13.0. The number of aliphatic hydroxyl groups is 4. The van der Waals surface area contributed by atoms with Crippen molar-refractivity contribution in [3.8, 4) is 0 Å². The molecule has 0 aromatic heterocycles. The van der Waals surface area contributed by atoms with E-state index in [9.17, 15) is 25.2 Å². The fourth-order valence-electron chi connectivity index (χ4n) is 5.34. The number of ether oxygens (including phenoxy) is 1. The van der Waals surface area contributed by atoms with Crippen molar-refractivity contribution < 1.29 is 30.0 Å². The number of rotatable bonds is 15. The van der Waals surface area contributed by atoms with Crippen LogP contribution in [0.4, 0.5) is 0 Å². The molecule has 7 heteroatoms. The fourth-order valence-corrected chi connectivity index (χ4v) is 6.83. The fraction of sp³-hybridized carbons (Fsp3) is 0.531. The van der Waals surface area contributed by atoms with Crippen molar-refractivity contribution in [2.45, 2.75) is 99.5 Å². The minimum Gasteiger partial charge on any atom is -0.463 e. The van der Waals surface area contributed by atoms with Crippen molar-refractivity contribution in [3.05, 3.63) is 78.4 Å². The second-order valence-electron chi connectivity index (χ2n) is 10.7. The molecule has 3 rings (SSSR count). The van der Waals surface area contributed by atoms with Crippen molar-refractivity contribution >= 4 is 17.7 Å². The van der Waals surface area contributed by atoms with Gasteiger partial charge in [0.05, 0.1) is 30.5 Å². The molecular weight excluding hydrogens is 512 g/mol. The van der Waals surface area contributed by atoms with E-state index in [0.717, 1.165) is 10.5 Å². The van der Waals surface area contributed by atoms with Crippen LogP contribution in [0.5, 0.6) is 0 Å². The third kappa shape index (κ3) is 10.1. The molecule has 0 saturated heterocycles. The first-order valence-corrected chi connectivity index (χ1v) is 15.0. The lowest BCUT2D eigenvalue weighted by Crippen LogP contribution is -2.45. The van der Waals surface area contributed by atoms with Crippen LogP contribution in [0.2, 0.25) is 0 Å². The molecule has 0 aliphatic heterocycles. The third-order valence-electron chi connectivity index (χ3n) is 7.31. The van der Waals surface area contributed by atoms with Gasteiger partial charge < -0.3 is 25.2 Å². The molecule has 7 atom stereocenters. The van der Waals surface area contributed by atoms with Crippen LogP contribution in [0.15, 0.2) is 77.7 Å². The lowest BCUT2D eigenvalue weighted by molar-refractivity contribution is -0.147. The summed E-state index contributed by atoms with van der Waals surface area (Å²) in [5.74, 6) is -0.870. The Bertz CT molecular complexity index is 998. The van der Waals surface area contributed by atoms with Gasteiger partial charge in [0, 0.05) is 22.5 Å². The summed E-state index contributed by atoms with van der Waals surface area (Å²) < 4.78 is 5.17. The topological polar surface area (TPSA) is 107 Å². The average Bonchev–Trinajstić information content (AvgIpc) is 3.20. The van der Waals surface area contributed by atoms with Crippen molar-refractivity contribution in [1.82, 2.24) is 0 Å². The molecule has 0 radical (unpaired) electrons. The van der Waals surface area contributed by atoms with E-state index in [0.29, 0.717) is 38.5 Å². The predicted molar refractivity (Wildman–Crippen MR) is 155 cm³/mol. The molecular formula is C32H44O6S. The van der Waals surface area contributed by atoms with Gasteiger partial charge in [-0.2, -0.15) is 0 Å². The number of unbranched alkanes of at least 4 members (excludes halogenated alkanes) is 1. The van der Waals surface area contributed by atoms with Crippen LogP contribution in [0.25, 0.3) is 0 Å². The van der Waals surface area contributed by atoms with E-state index in [-0.39, 0.29) is 24.4 Å². The molecule has 0 bridgehead atoms. The predicted octanol–water partition coefficient (Wildman–Crippen LogP) is 4.93. The van der Waals surface area contributed by atoms with Gasteiger partial charge in [0.25, 0.3) is 0 Å². The van der Waals surface area contributed by atoms with Crippen LogP contribution in [-0.2, 0) is 16.0 Å². The molecule has 1 fully saturated rings. The van der Waals surface area contributed by atoms with E-state index in [1.807, 2.05) is 86.7 Å². The summed E-state index contributed by atoms with van der Waals surface area (Å²) in [7, 11) is 0. The van der Waals surface area contributed by atoms with Crippen LogP contribution in [0, 0.1) is 11.8 Å². The summed E-state index contributed by atoms with van der Waals surface area (Å²) in [4.78, 5) is 12.7. The molecule has 2 aromatic carbocycles. The highest BCUT2D eigenvalue weighted by Gasteiger charge is 2.48. The Morgan fingerprint density at radius 3 is 2.33 bits per heavy atom. The molecule has 1 saturated carbocycles. The maximum atomic E-state index is 11.7. The van der Waals surface area contributed by atoms with Crippen LogP contribution >= 0.6 is 11.8 Å². The molecule has 39 heavy (non-hydrogen) atoms. The molecule has 0 heterocycles. The van der Waals surface area contributed by atoms with E-state index >= 15 is 0 Å². The molecule has 4 N–H and O–H groups in total. The minimum absolute atomic E-state index is 0.117. The minimum atomic E-state index is -1.08. The van der Waals surface area contributed by atoms with Crippen molar-refractivity contribution in [2.75, 3.05) is 0 Å². The largest absolute Gasteiger partial charge is 0.463 e. The number of hydrogen-bond donors (Lipinski definition) is 4. The van der Waals surface area contributed by atoms with Crippen molar-refractivity contribution in [3.63, 3.8) is 0 Å². The normalized spacial score (nSPS) is 23.7. The highest BCUT2D eigenvalue weighted by molar-refractivity contribution is 8.00. The Labute approximate surface area is 237 Å². The third-order valence-corrected chi connectivity index (χ3v) is 8.72. The van der Waals surface area contributed by atoms with E-state index in [1.165, 1.54) is 11.8 Å². The Hall–Kier alpha value is -2.16. The van der Waals surface area contributed by atoms with Gasteiger partial charge in [-0.05, 0) is 76.0 Å². The van der Waals surface area contributed by atoms with Crippen LogP contribution in [-0.4, -0.2) is 62.2 Å². The van der Waals surface area contributed by atoms with Gasteiger partial charge in [-0.15, -0.1) is 11.8 Å². The Balaban J connectivity index is 1.68. The van der Waals surface area contributed by atoms with Gasteiger partial charge in [0.1, 0.15) is 0 Å². The molecule has 0 spiro atoms. The number of thioether (sulfide) groups is 1. The molecule has 1 aliphatic carbocycles. The number of hydrogen-bond acceptors (Lipinski definition) is 7. The van der Waals surface area contributed by atoms with Crippen LogP contribution in [0.1, 0.15) is 57.9 Å². The number of carbonyl (C=O) groups is 1. The quantitative estimate of drug-likeness (QED) is 0.107. The molecule has 2 aromatic rings. The first kappa shape index (κ1) is 31.4. The first-order valence-electron chi connectivity index (χ1n) is 14.1. The Morgan fingerprint density at radius 2 is 1.67 bits per heavy atom. The molecule has 0 unspecified atom stereocenters. The zero-order valence-corrected chi connectivity index (χ0v) is 23.8. The van der Waals surface area contributed by atoms with Gasteiger partial charge >= 0.3 is 5.97 Å². The smallest absolute Gasteiger partial charge is 0.306 e. The number of carbonyl (C=O) groups excluding carboxylic acids is 1. The molecule has 6 nitrogen and oxygen atoms in total. The van der Waals surface area contributed by atoms with E-state index < -0.39 is 35.6 Å². The lowest BCUT2D eigenvalue weighted by Gasteiger charge is -2.35. The summed E-state index contributed by atoms with van der Waals surface area (Å²) in [6.07, 6.45) is 3.89. The van der Waals surface area contributed by atoms with Gasteiger partial charge in [-0.3, -0.25) is 4.79 Å². The zero-order valence-electron chi connectivity index (χ0n) is 23.0. The van der Waals surface area contributed by atoms with Gasteiger partial charge in [0.2, 0.25) is 0 Å². The summed E-state index contributed by atoms with van der Waals surface area (Å²) in [5, 5.41) is 43.9. The second kappa shape index (κ2) is 16.2. The summed E-state index contributed by atoms with van der Waals surface area (Å²) in [6, 6.07) is 19.6. The van der Waals surface area contributed by atoms with Gasteiger partial charge in [-0.25, -0.2) is 0 Å². The molecule has 214 valence electrons. The lowest BCUT2D eigenvalue weighted by atomic mass is 9.84. The number of aryl methyl sites for hydroxylation is 1. The summed E-state index contributed by atoms with van der Waals surface area (Å²) in [5.41, 5.74) is 1.09. The maximum absolute atomic E-state index is 11.7. The highest BCUT2D eigenvalue weighted by Crippen LogP contribution is 2.45. The highest BCUT2D eigenvalue weighted by atomic mass is 32.2. The van der Waals surface area contributed by atoms with Gasteiger partial charge in [0.15, 0.2) is 0 Å². The number of allylic oxidation sites excluding steroid dienone is 2. The summed E-state index contributed by atoms with van der Waals surface area (Å²) >= 11 is 1.45. The van der Waals surface area contributed by atoms with E-state index in [2.05, 4.69) is 0 Å². The molecule has 0 amide bonds.